The highest BCUT2D eigenvalue weighted by Gasteiger charge is 2.36. The zero-order chi connectivity index (χ0) is 7.14. The Balaban J connectivity index is 2.09. The van der Waals surface area contributed by atoms with Crippen LogP contribution in [0, 0.1) is 5.92 Å². The van der Waals surface area contributed by atoms with Crippen molar-refractivity contribution in [2.24, 2.45) is 11.7 Å². The summed E-state index contributed by atoms with van der Waals surface area (Å²) < 4.78 is 0. The SMILES string of the molecule is C[C@@H]1[C@H]2CCN1C[C@@H](N)C2. The zero-order valence-electron chi connectivity index (χ0n) is 6.59. The highest BCUT2D eigenvalue weighted by atomic mass is 15.2. The number of nitrogens with two attached hydrogens (primary N) is 1. The summed E-state index contributed by atoms with van der Waals surface area (Å²) in [6.07, 6.45) is 2.65. The topological polar surface area (TPSA) is 29.3 Å². The van der Waals surface area contributed by atoms with E-state index >= 15 is 0 Å². The average molecular weight is 140 g/mol. The van der Waals surface area contributed by atoms with Crippen molar-refractivity contribution in [3.63, 3.8) is 0 Å². The Morgan fingerprint density at radius 3 is 3.00 bits per heavy atom. The van der Waals surface area contributed by atoms with Crippen molar-refractivity contribution in [1.29, 1.82) is 0 Å². The van der Waals surface area contributed by atoms with Gasteiger partial charge in [-0.05, 0) is 32.2 Å². The van der Waals surface area contributed by atoms with Crippen molar-refractivity contribution in [2.45, 2.75) is 31.8 Å². The molecule has 2 rings (SSSR count). The van der Waals surface area contributed by atoms with E-state index in [1.165, 1.54) is 19.4 Å². The first-order valence-corrected chi connectivity index (χ1v) is 4.27. The summed E-state index contributed by atoms with van der Waals surface area (Å²) in [6.45, 7) is 4.76. The van der Waals surface area contributed by atoms with E-state index in [0.717, 1.165) is 18.5 Å². The van der Waals surface area contributed by atoms with Gasteiger partial charge in [0.15, 0.2) is 0 Å². The number of piperidine rings is 1. The maximum Gasteiger partial charge on any atom is 0.0171 e. The highest BCUT2D eigenvalue weighted by Crippen LogP contribution is 2.31. The smallest absolute Gasteiger partial charge is 0.0171 e. The molecule has 1 unspecified atom stereocenters. The molecule has 2 aliphatic rings. The lowest BCUT2D eigenvalue weighted by atomic mass is 9.91. The standard InChI is InChI=1S/C8H16N2/c1-6-7-2-3-10(6)5-8(9)4-7/h6-8H,2-5,9H2,1H3/t6-,7+,8+/m1/s1. The van der Waals surface area contributed by atoms with Crippen molar-refractivity contribution in [3.05, 3.63) is 0 Å². The van der Waals surface area contributed by atoms with E-state index in [2.05, 4.69) is 11.8 Å². The fourth-order valence-corrected chi connectivity index (χ4v) is 2.41. The molecule has 0 aromatic carbocycles. The van der Waals surface area contributed by atoms with Crippen molar-refractivity contribution in [3.8, 4) is 0 Å². The van der Waals surface area contributed by atoms with Crippen LogP contribution in [0.3, 0.4) is 0 Å². The molecular formula is C8H16N2. The van der Waals surface area contributed by atoms with E-state index in [1.807, 2.05) is 0 Å². The van der Waals surface area contributed by atoms with Crippen LogP contribution in [0.2, 0.25) is 0 Å². The Hall–Kier alpha value is -0.0800. The molecule has 2 aliphatic heterocycles. The van der Waals surface area contributed by atoms with Crippen LogP contribution in [-0.4, -0.2) is 30.1 Å². The van der Waals surface area contributed by atoms with Crippen LogP contribution in [0.25, 0.3) is 0 Å². The Bertz CT molecular complexity index is 121. The number of rotatable bonds is 0. The predicted molar refractivity (Wildman–Crippen MR) is 41.7 cm³/mol. The molecule has 2 nitrogen and oxygen atoms in total. The second-order valence-corrected chi connectivity index (χ2v) is 3.78. The molecule has 0 aliphatic carbocycles. The molecule has 2 heterocycles. The minimum absolute atomic E-state index is 0.462. The summed E-state index contributed by atoms with van der Waals surface area (Å²) in [5, 5.41) is 0. The minimum Gasteiger partial charge on any atom is -0.327 e. The maximum atomic E-state index is 5.88. The van der Waals surface area contributed by atoms with E-state index in [1.54, 1.807) is 0 Å². The first-order valence-electron chi connectivity index (χ1n) is 4.27. The fourth-order valence-electron chi connectivity index (χ4n) is 2.41. The van der Waals surface area contributed by atoms with E-state index in [4.69, 9.17) is 5.73 Å². The second kappa shape index (κ2) is 2.21. The van der Waals surface area contributed by atoms with Gasteiger partial charge in [-0.25, -0.2) is 0 Å². The molecule has 58 valence electrons. The van der Waals surface area contributed by atoms with Gasteiger partial charge in [-0.3, -0.25) is 4.90 Å². The quantitative estimate of drug-likeness (QED) is 0.528. The monoisotopic (exact) mass is 140 g/mol. The molecular weight excluding hydrogens is 124 g/mol. The summed E-state index contributed by atoms with van der Waals surface area (Å²) in [5.74, 6) is 0.906. The molecule has 2 bridgehead atoms. The van der Waals surface area contributed by atoms with Crippen molar-refractivity contribution < 1.29 is 0 Å². The lowest BCUT2D eigenvalue weighted by Gasteiger charge is -2.33. The molecule has 2 heteroatoms. The lowest BCUT2D eigenvalue weighted by molar-refractivity contribution is 0.172. The maximum absolute atomic E-state index is 5.88. The lowest BCUT2D eigenvalue weighted by Crippen LogP contribution is -2.46. The minimum atomic E-state index is 0.462. The number of hydrogen-bond acceptors (Lipinski definition) is 2. The molecule has 0 spiro atoms. The molecule has 10 heavy (non-hydrogen) atoms. The predicted octanol–water partition coefficient (Wildman–Crippen LogP) is 0.428. The van der Waals surface area contributed by atoms with Gasteiger partial charge in [0, 0.05) is 18.6 Å². The highest BCUT2D eigenvalue weighted by molar-refractivity contribution is 4.92. The van der Waals surface area contributed by atoms with Gasteiger partial charge >= 0.3 is 0 Å². The largest absolute Gasteiger partial charge is 0.327 e. The zero-order valence-corrected chi connectivity index (χ0v) is 6.59. The first-order chi connectivity index (χ1) is 4.77. The Kier molecular flexibility index (Phi) is 1.46. The van der Waals surface area contributed by atoms with E-state index in [-0.39, 0.29) is 0 Å². The summed E-state index contributed by atoms with van der Waals surface area (Å²) >= 11 is 0. The molecule has 0 aromatic heterocycles. The van der Waals surface area contributed by atoms with Gasteiger partial charge in [0.05, 0.1) is 0 Å². The first kappa shape index (κ1) is 6.62. The van der Waals surface area contributed by atoms with Gasteiger partial charge in [-0.1, -0.05) is 0 Å². The normalized spacial score (nSPS) is 53.4. The number of fused-ring (bicyclic) bond motifs is 2. The summed E-state index contributed by atoms with van der Waals surface area (Å²) in [7, 11) is 0. The second-order valence-electron chi connectivity index (χ2n) is 3.78. The van der Waals surface area contributed by atoms with E-state index in [0.29, 0.717) is 6.04 Å². The molecule has 4 atom stereocenters. The third-order valence-corrected chi connectivity index (χ3v) is 3.12. The van der Waals surface area contributed by atoms with Crippen molar-refractivity contribution in [1.82, 2.24) is 4.90 Å². The Morgan fingerprint density at radius 1 is 1.50 bits per heavy atom. The fraction of sp³-hybridized carbons (Fsp3) is 1.00. The summed E-state index contributed by atoms with van der Waals surface area (Å²) in [4.78, 5) is 2.53. The summed E-state index contributed by atoms with van der Waals surface area (Å²) in [6, 6.07) is 1.28. The molecule has 2 fully saturated rings. The molecule has 0 saturated carbocycles. The van der Waals surface area contributed by atoms with Gasteiger partial charge < -0.3 is 5.73 Å². The van der Waals surface area contributed by atoms with Crippen LogP contribution in [0.15, 0.2) is 0 Å². The third-order valence-electron chi connectivity index (χ3n) is 3.12. The van der Waals surface area contributed by atoms with Gasteiger partial charge in [0.1, 0.15) is 0 Å². The average Bonchev–Trinajstić information content (AvgIpc) is 2.20. The molecule has 2 saturated heterocycles. The van der Waals surface area contributed by atoms with Crippen LogP contribution in [0.1, 0.15) is 19.8 Å². The molecule has 0 radical (unpaired) electrons. The van der Waals surface area contributed by atoms with Gasteiger partial charge in [-0.15, -0.1) is 0 Å². The van der Waals surface area contributed by atoms with Crippen LogP contribution >= 0.6 is 0 Å². The van der Waals surface area contributed by atoms with Crippen molar-refractivity contribution >= 4 is 0 Å². The van der Waals surface area contributed by atoms with Crippen LogP contribution in [-0.2, 0) is 0 Å². The Morgan fingerprint density at radius 2 is 2.30 bits per heavy atom. The van der Waals surface area contributed by atoms with Gasteiger partial charge in [-0.2, -0.15) is 0 Å². The van der Waals surface area contributed by atoms with Crippen molar-refractivity contribution in [2.75, 3.05) is 13.1 Å². The van der Waals surface area contributed by atoms with Gasteiger partial charge in [0.2, 0.25) is 0 Å². The van der Waals surface area contributed by atoms with Crippen LogP contribution in [0.4, 0.5) is 0 Å². The van der Waals surface area contributed by atoms with Crippen LogP contribution < -0.4 is 5.73 Å². The number of nitrogens with zero attached hydrogens (tertiary/aromatic N) is 1. The Labute approximate surface area is 62.4 Å². The van der Waals surface area contributed by atoms with Gasteiger partial charge in [0.25, 0.3) is 0 Å². The van der Waals surface area contributed by atoms with Crippen LogP contribution in [0.5, 0.6) is 0 Å². The van der Waals surface area contributed by atoms with E-state index in [9.17, 15) is 0 Å². The summed E-state index contributed by atoms with van der Waals surface area (Å²) in [5.41, 5.74) is 5.88. The molecule has 0 amide bonds. The molecule has 2 N–H and O–H groups in total. The van der Waals surface area contributed by atoms with E-state index < -0.39 is 0 Å². The number of hydrogen-bond donors (Lipinski definition) is 1. The third kappa shape index (κ3) is 0.867. The molecule has 0 aromatic rings.